The zero-order valence-corrected chi connectivity index (χ0v) is 16.9. The first kappa shape index (κ1) is 20.4. The average Bonchev–Trinajstić information content (AvgIpc) is 2.69. The molecule has 1 aliphatic carbocycles. The normalized spacial score (nSPS) is 25.0. The van der Waals surface area contributed by atoms with Gasteiger partial charge >= 0.3 is 0 Å². The maximum atomic E-state index is 11.8. The smallest absolute Gasteiger partial charge is 0.254 e. The lowest BCUT2D eigenvalue weighted by Crippen LogP contribution is -2.32. The Kier molecular flexibility index (Phi) is 6.72. The van der Waals surface area contributed by atoms with Gasteiger partial charge in [0.1, 0.15) is 5.82 Å². The molecule has 3 rings (SSSR count). The Bertz CT molecular complexity index is 694. The molecule has 1 aromatic rings. The number of rotatable bonds is 7. The third-order valence-electron chi connectivity index (χ3n) is 5.66. The SMILES string of the molecule is C=C(C1CCC(Nc2ncc(C(N)=O)c(N[C@@H]3CCCOC3)n2)CC1)N(C)C. The Morgan fingerprint density at radius 1 is 1.21 bits per heavy atom. The molecule has 0 unspecified atom stereocenters. The van der Waals surface area contributed by atoms with E-state index in [-0.39, 0.29) is 6.04 Å². The number of anilines is 2. The lowest BCUT2D eigenvalue weighted by molar-refractivity contribution is 0.0873. The molecule has 2 aliphatic rings. The van der Waals surface area contributed by atoms with Crippen molar-refractivity contribution in [3.8, 4) is 0 Å². The highest BCUT2D eigenvalue weighted by atomic mass is 16.5. The van der Waals surface area contributed by atoms with Gasteiger partial charge in [0.25, 0.3) is 5.91 Å². The van der Waals surface area contributed by atoms with E-state index in [1.807, 2.05) is 14.1 Å². The molecule has 28 heavy (non-hydrogen) atoms. The quantitative estimate of drug-likeness (QED) is 0.658. The number of ether oxygens (including phenoxy) is 1. The zero-order chi connectivity index (χ0) is 20.1. The number of amides is 1. The Labute approximate surface area is 166 Å². The molecular weight excluding hydrogens is 356 g/mol. The number of carbonyl (C=O) groups is 1. The molecule has 1 atom stereocenters. The van der Waals surface area contributed by atoms with Gasteiger partial charge in [-0.2, -0.15) is 4.98 Å². The number of nitrogens with one attached hydrogen (secondary N) is 2. The fourth-order valence-electron chi connectivity index (χ4n) is 3.91. The molecule has 0 bridgehead atoms. The molecule has 0 aromatic carbocycles. The number of allylic oxidation sites excluding steroid dienone is 1. The predicted octanol–water partition coefficient (Wildman–Crippen LogP) is 2.21. The molecule has 1 saturated heterocycles. The second-order valence-corrected chi connectivity index (χ2v) is 7.96. The van der Waals surface area contributed by atoms with Gasteiger partial charge < -0.3 is 26.0 Å². The van der Waals surface area contributed by atoms with Crippen LogP contribution in [0.4, 0.5) is 11.8 Å². The van der Waals surface area contributed by atoms with E-state index in [0.29, 0.717) is 35.9 Å². The summed E-state index contributed by atoms with van der Waals surface area (Å²) < 4.78 is 5.50. The topological polar surface area (TPSA) is 105 Å². The van der Waals surface area contributed by atoms with Crippen molar-refractivity contribution in [2.75, 3.05) is 37.9 Å². The van der Waals surface area contributed by atoms with E-state index in [1.54, 1.807) is 0 Å². The summed E-state index contributed by atoms with van der Waals surface area (Å²) in [5.41, 5.74) is 7.00. The molecule has 0 spiro atoms. The minimum absolute atomic E-state index is 0.127. The molecule has 2 heterocycles. The molecule has 1 amide bonds. The monoisotopic (exact) mass is 388 g/mol. The molecule has 154 valence electrons. The van der Waals surface area contributed by atoms with Gasteiger partial charge in [0, 0.05) is 38.6 Å². The summed E-state index contributed by atoms with van der Waals surface area (Å²) >= 11 is 0. The van der Waals surface area contributed by atoms with Crippen LogP contribution < -0.4 is 16.4 Å². The van der Waals surface area contributed by atoms with Crippen molar-refractivity contribution in [1.82, 2.24) is 14.9 Å². The minimum Gasteiger partial charge on any atom is -0.381 e. The number of primary amides is 1. The van der Waals surface area contributed by atoms with E-state index >= 15 is 0 Å². The zero-order valence-electron chi connectivity index (χ0n) is 16.9. The van der Waals surface area contributed by atoms with E-state index in [0.717, 1.165) is 45.1 Å². The third-order valence-corrected chi connectivity index (χ3v) is 5.66. The van der Waals surface area contributed by atoms with E-state index in [1.165, 1.54) is 11.9 Å². The van der Waals surface area contributed by atoms with Gasteiger partial charge in [-0.05, 0) is 44.4 Å². The summed E-state index contributed by atoms with van der Waals surface area (Å²) in [6.45, 7) is 5.58. The van der Waals surface area contributed by atoms with Crippen LogP contribution in [0.3, 0.4) is 0 Å². The van der Waals surface area contributed by atoms with Crippen LogP contribution in [0.15, 0.2) is 18.5 Å². The van der Waals surface area contributed by atoms with Gasteiger partial charge in [-0.15, -0.1) is 0 Å². The number of hydrogen-bond acceptors (Lipinski definition) is 7. The van der Waals surface area contributed by atoms with Crippen molar-refractivity contribution in [3.05, 3.63) is 24.0 Å². The summed E-state index contributed by atoms with van der Waals surface area (Å²) in [4.78, 5) is 22.7. The van der Waals surface area contributed by atoms with Crippen LogP contribution in [0.5, 0.6) is 0 Å². The van der Waals surface area contributed by atoms with Crippen molar-refractivity contribution < 1.29 is 9.53 Å². The van der Waals surface area contributed by atoms with Crippen LogP contribution in [0.25, 0.3) is 0 Å². The minimum atomic E-state index is -0.534. The predicted molar refractivity (Wildman–Crippen MR) is 110 cm³/mol. The van der Waals surface area contributed by atoms with Gasteiger partial charge in [-0.1, -0.05) is 6.58 Å². The first-order valence-electron chi connectivity index (χ1n) is 10.1. The number of carbonyl (C=O) groups excluding carboxylic acids is 1. The van der Waals surface area contributed by atoms with Crippen LogP contribution >= 0.6 is 0 Å². The fraction of sp³-hybridized carbons (Fsp3) is 0.650. The van der Waals surface area contributed by atoms with E-state index in [4.69, 9.17) is 10.5 Å². The van der Waals surface area contributed by atoms with Crippen LogP contribution in [0.1, 0.15) is 48.9 Å². The Hall–Kier alpha value is -2.35. The van der Waals surface area contributed by atoms with Gasteiger partial charge in [0.15, 0.2) is 0 Å². The first-order chi connectivity index (χ1) is 13.4. The summed E-state index contributed by atoms with van der Waals surface area (Å²) in [5.74, 6) is 1.01. The summed E-state index contributed by atoms with van der Waals surface area (Å²) in [6.07, 6.45) is 7.74. The Morgan fingerprint density at radius 3 is 2.57 bits per heavy atom. The first-order valence-corrected chi connectivity index (χ1v) is 10.1. The second-order valence-electron chi connectivity index (χ2n) is 7.96. The van der Waals surface area contributed by atoms with Gasteiger partial charge in [-0.25, -0.2) is 4.98 Å². The van der Waals surface area contributed by atoms with Crippen molar-refractivity contribution in [3.63, 3.8) is 0 Å². The number of aromatic nitrogens is 2. The van der Waals surface area contributed by atoms with Crippen LogP contribution in [0, 0.1) is 5.92 Å². The van der Waals surface area contributed by atoms with Crippen LogP contribution in [0.2, 0.25) is 0 Å². The van der Waals surface area contributed by atoms with Crippen molar-refractivity contribution in [1.29, 1.82) is 0 Å². The molecule has 1 saturated carbocycles. The Balaban J connectivity index is 1.63. The van der Waals surface area contributed by atoms with E-state index in [9.17, 15) is 4.79 Å². The number of hydrogen-bond donors (Lipinski definition) is 3. The molecule has 0 radical (unpaired) electrons. The molecular formula is C20H32N6O2. The molecule has 2 fully saturated rings. The maximum Gasteiger partial charge on any atom is 0.254 e. The summed E-state index contributed by atoms with van der Waals surface area (Å²) in [5, 5.41) is 6.73. The molecule has 4 N–H and O–H groups in total. The van der Waals surface area contributed by atoms with Crippen molar-refractivity contribution >= 4 is 17.7 Å². The van der Waals surface area contributed by atoms with E-state index in [2.05, 4.69) is 32.1 Å². The maximum absolute atomic E-state index is 11.8. The lowest BCUT2D eigenvalue weighted by atomic mass is 9.84. The highest BCUT2D eigenvalue weighted by molar-refractivity contribution is 5.97. The number of nitrogens with zero attached hydrogens (tertiary/aromatic N) is 3. The fourth-order valence-corrected chi connectivity index (χ4v) is 3.91. The van der Waals surface area contributed by atoms with Crippen molar-refractivity contribution in [2.45, 2.75) is 50.6 Å². The standard InChI is InChI=1S/C20H32N6O2/c1-13(26(2)3)14-6-8-15(9-7-14)24-20-22-11-17(18(21)27)19(25-20)23-16-5-4-10-28-12-16/h11,14-16H,1,4-10,12H2,2-3H3,(H2,21,27)(H2,22,23,24,25)/t14?,15?,16-/m1/s1. The molecule has 1 aromatic heterocycles. The van der Waals surface area contributed by atoms with Gasteiger partial charge in [-0.3, -0.25) is 4.79 Å². The lowest BCUT2D eigenvalue weighted by Gasteiger charge is -2.32. The highest BCUT2D eigenvalue weighted by Crippen LogP contribution is 2.31. The third kappa shape index (κ3) is 5.13. The largest absolute Gasteiger partial charge is 0.381 e. The average molecular weight is 389 g/mol. The summed E-state index contributed by atoms with van der Waals surface area (Å²) in [7, 11) is 4.10. The summed E-state index contributed by atoms with van der Waals surface area (Å²) in [6, 6.07) is 0.443. The molecule has 8 heteroatoms. The van der Waals surface area contributed by atoms with Crippen LogP contribution in [-0.2, 0) is 4.74 Å². The molecule has 8 nitrogen and oxygen atoms in total. The van der Waals surface area contributed by atoms with Crippen LogP contribution in [-0.4, -0.2) is 60.2 Å². The van der Waals surface area contributed by atoms with Gasteiger partial charge in [0.05, 0.1) is 18.2 Å². The molecule has 1 aliphatic heterocycles. The van der Waals surface area contributed by atoms with E-state index < -0.39 is 5.91 Å². The second kappa shape index (κ2) is 9.23. The Morgan fingerprint density at radius 2 is 1.96 bits per heavy atom. The highest BCUT2D eigenvalue weighted by Gasteiger charge is 2.25. The number of nitrogens with two attached hydrogens (primary N) is 1. The van der Waals surface area contributed by atoms with Crippen molar-refractivity contribution in [2.24, 2.45) is 11.7 Å². The van der Waals surface area contributed by atoms with Gasteiger partial charge in [0.2, 0.25) is 5.95 Å².